The summed E-state index contributed by atoms with van der Waals surface area (Å²) in [5, 5.41) is 0.361. The highest BCUT2D eigenvalue weighted by Crippen LogP contribution is 2.36. The van der Waals surface area contributed by atoms with Crippen molar-refractivity contribution in [2.24, 2.45) is 0 Å². The minimum absolute atomic E-state index is 0.361. The van der Waals surface area contributed by atoms with Gasteiger partial charge < -0.3 is 0 Å². The summed E-state index contributed by atoms with van der Waals surface area (Å²) in [5.74, 6) is 0.421. The smallest absolute Gasteiger partial charge is 0.163 e. The molecule has 0 N–H and O–H groups in total. The van der Waals surface area contributed by atoms with Crippen LogP contribution >= 0.6 is 11.9 Å². The molecule has 3 fully saturated rings. The summed E-state index contributed by atoms with van der Waals surface area (Å²) in [6, 6.07) is 0. The topological polar surface area (TPSA) is 20.3 Å². The maximum atomic E-state index is 10.6. The summed E-state index contributed by atoms with van der Waals surface area (Å²) in [7, 11) is 0. The molecule has 3 aliphatic heterocycles. The van der Waals surface area contributed by atoms with Crippen LogP contribution in [0.4, 0.5) is 0 Å². The van der Waals surface area contributed by atoms with Gasteiger partial charge in [0.05, 0.1) is 11.8 Å². The van der Waals surface area contributed by atoms with Crippen LogP contribution in [0.15, 0.2) is 0 Å². The molecule has 0 aromatic heterocycles. The molecule has 7 heavy (non-hydrogen) atoms. The number of rotatable bonds is 0. The molecular weight excluding hydrogens is 110 g/mol. The van der Waals surface area contributed by atoms with E-state index in [1.807, 2.05) is 0 Å². The number of Topliss-reactive ketones (excluding diaryl/α,β-unsaturated/α-hetero) is 1. The number of carbonyl (C=O) groups excluding carboxylic acids is 1. The van der Waals surface area contributed by atoms with Crippen LogP contribution in [0, 0.1) is 0 Å². The van der Waals surface area contributed by atoms with Crippen LogP contribution < -0.4 is 0 Å². The Morgan fingerprint density at radius 3 is 2.71 bits per heavy atom. The van der Waals surface area contributed by atoms with E-state index in [9.17, 15) is 4.79 Å². The van der Waals surface area contributed by atoms with Gasteiger partial charge in [0.15, 0.2) is 5.78 Å². The van der Waals surface area contributed by atoms with Gasteiger partial charge in [-0.05, 0) is 0 Å². The molecule has 3 heteroatoms. The molecular formula is C4H5NOS. The second-order valence-electron chi connectivity index (χ2n) is 1.88. The molecule has 3 saturated heterocycles. The fraction of sp³-hybridized carbons (Fsp3) is 0.750. The fourth-order valence-electron chi connectivity index (χ4n) is 0.894. The van der Waals surface area contributed by atoms with Crippen LogP contribution in [0.5, 0.6) is 0 Å². The Bertz CT molecular complexity index is 119. The molecule has 3 heterocycles. The van der Waals surface area contributed by atoms with Crippen molar-refractivity contribution in [3.8, 4) is 0 Å². The van der Waals surface area contributed by atoms with E-state index < -0.39 is 0 Å². The van der Waals surface area contributed by atoms with E-state index in [2.05, 4.69) is 4.31 Å². The zero-order chi connectivity index (χ0) is 4.85. The third kappa shape index (κ3) is 0.371. The van der Waals surface area contributed by atoms with Gasteiger partial charge in [0.25, 0.3) is 0 Å². The van der Waals surface area contributed by atoms with E-state index in [1.165, 1.54) is 0 Å². The summed E-state index contributed by atoms with van der Waals surface area (Å²) >= 11 is 1.69. The van der Waals surface area contributed by atoms with Gasteiger partial charge in [-0.2, -0.15) is 0 Å². The Labute approximate surface area is 46.0 Å². The molecule has 0 radical (unpaired) electrons. The Balaban J connectivity index is 2.27. The number of nitrogens with zero attached hydrogens (tertiary/aromatic N) is 1. The van der Waals surface area contributed by atoms with Crippen LogP contribution in [0.3, 0.4) is 0 Å². The molecule has 3 rings (SSSR count). The summed E-state index contributed by atoms with van der Waals surface area (Å²) < 4.78 is 2.09. The van der Waals surface area contributed by atoms with E-state index in [0.29, 0.717) is 17.6 Å². The minimum atomic E-state index is 0.361. The average Bonchev–Trinajstić information content (AvgIpc) is 1.85. The van der Waals surface area contributed by atoms with Crippen LogP contribution in [0.1, 0.15) is 0 Å². The van der Waals surface area contributed by atoms with Crippen molar-refractivity contribution < 1.29 is 4.79 Å². The lowest BCUT2D eigenvalue weighted by atomic mass is 10.3. The first-order chi connectivity index (χ1) is 3.36. The Morgan fingerprint density at radius 2 is 2.57 bits per heavy atom. The standard InChI is InChI=1S/C4H5NOS/c6-3-1-5-2-4(3)7-5/h4H,1-2H2. The zero-order valence-electron chi connectivity index (χ0n) is 3.76. The maximum Gasteiger partial charge on any atom is 0.163 e. The van der Waals surface area contributed by atoms with E-state index in [4.69, 9.17) is 0 Å². The van der Waals surface area contributed by atoms with Crippen molar-refractivity contribution in [3.63, 3.8) is 0 Å². The quantitative estimate of drug-likeness (QED) is 0.411. The first-order valence-corrected chi connectivity index (χ1v) is 3.14. The largest absolute Gasteiger partial charge is 0.297 e. The average molecular weight is 115 g/mol. The number of hydrogen-bond donors (Lipinski definition) is 0. The Morgan fingerprint density at radius 1 is 1.86 bits per heavy atom. The lowest BCUT2D eigenvalue weighted by Gasteiger charge is -2.22. The third-order valence-electron chi connectivity index (χ3n) is 1.34. The summed E-state index contributed by atoms with van der Waals surface area (Å²) in [6.07, 6.45) is 0. The molecule has 2 unspecified atom stereocenters. The van der Waals surface area contributed by atoms with Crippen LogP contribution in [0.25, 0.3) is 0 Å². The predicted molar refractivity (Wildman–Crippen MR) is 28.0 cm³/mol. The van der Waals surface area contributed by atoms with E-state index in [-0.39, 0.29) is 0 Å². The van der Waals surface area contributed by atoms with Gasteiger partial charge in [-0.1, -0.05) is 11.9 Å². The summed E-state index contributed by atoms with van der Waals surface area (Å²) in [4.78, 5) is 10.6. The molecule has 0 aliphatic carbocycles. The van der Waals surface area contributed by atoms with E-state index >= 15 is 0 Å². The summed E-state index contributed by atoms with van der Waals surface area (Å²) in [6.45, 7) is 1.72. The zero-order valence-corrected chi connectivity index (χ0v) is 4.57. The van der Waals surface area contributed by atoms with Crippen molar-refractivity contribution in [3.05, 3.63) is 0 Å². The van der Waals surface area contributed by atoms with Crippen molar-refractivity contribution >= 4 is 17.7 Å². The van der Waals surface area contributed by atoms with Gasteiger partial charge in [0.2, 0.25) is 0 Å². The van der Waals surface area contributed by atoms with Crippen LogP contribution in [0.2, 0.25) is 0 Å². The van der Waals surface area contributed by atoms with Crippen molar-refractivity contribution in [1.82, 2.24) is 4.31 Å². The normalized spacial score (nSPS) is 46.6. The minimum Gasteiger partial charge on any atom is -0.297 e. The van der Waals surface area contributed by atoms with Gasteiger partial charge in [-0.15, -0.1) is 0 Å². The fourth-order valence-corrected chi connectivity index (χ4v) is 1.87. The molecule has 2 nitrogen and oxygen atoms in total. The van der Waals surface area contributed by atoms with Crippen LogP contribution in [-0.4, -0.2) is 28.4 Å². The van der Waals surface area contributed by atoms with Crippen molar-refractivity contribution in [2.45, 2.75) is 5.25 Å². The molecule has 2 bridgehead atoms. The molecule has 0 saturated carbocycles. The SMILES string of the molecule is O=C1CN2CC1S2. The summed E-state index contributed by atoms with van der Waals surface area (Å²) in [5.41, 5.74) is 0. The predicted octanol–water partition coefficient (Wildman–Crippen LogP) is -0.0985. The number of ketones is 1. The third-order valence-corrected chi connectivity index (χ3v) is 2.58. The molecule has 0 spiro atoms. The lowest BCUT2D eigenvalue weighted by Crippen LogP contribution is -2.26. The Kier molecular flexibility index (Phi) is 0.579. The monoisotopic (exact) mass is 115 g/mol. The highest BCUT2D eigenvalue weighted by molar-refractivity contribution is 8.00. The maximum absolute atomic E-state index is 10.6. The number of carbonyl (C=O) groups is 1. The lowest BCUT2D eigenvalue weighted by molar-refractivity contribution is -0.115. The number of fused-ring (bicyclic) bond motifs is 1. The van der Waals surface area contributed by atoms with Gasteiger partial charge >= 0.3 is 0 Å². The molecule has 0 aromatic carbocycles. The molecule has 38 valence electrons. The van der Waals surface area contributed by atoms with Crippen molar-refractivity contribution in [1.29, 1.82) is 0 Å². The highest BCUT2D eigenvalue weighted by atomic mass is 32.2. The second-order valence-corrected chi connectivity index (χ2v) is 3.18. The van der Waals surface area contributed by atoms with Gasteiger partial charge in [-0.25, -0.2) is 4.31 Å². The van der Waals surface area contributed by atoms with E-state index in [1.54, 1.807) is 11.9 Å². The van der Waals surface area contributed by atoms with E-state index in [0.717, 1.165) is 6.54 Å². The second kappa shape index (κ2) is 1.03. The molecule has 0 amide bonds. The van der Waals surface area contributed by atoms with Gasteiger partial charge in [0, 0.05) is 6.54 Å². The Hall–Kier alpha value is -0.0200. The van der Waals surface area contributed by atoms with Gasteiger partial charge in [0.1, 0.15) is 0 Å². The number of hydrogen-bond acceptors (Lipinski definition) is 3. The first kappa shape index (κ1) is 3.92. The van der Waals surface area contributed by atoms with Crippen LogP contribution in [-0.2, 0) is 4.79 Å². The van der Waals surface area contributed by atoms with Gasteiger partial charge in [-0.3, -0.25) is 4.79 Å². The molecule has 3 aliphatic rings. The highest BCUT2D eigenvalue weighted by Gasteiger charge is 2.42. The molecule has 0 aromatic rings. The molecule has 2 atom stereocenters. The van der Waals surface area contributed by atoms with Crippen molar-refractivity contribution in [2.75, 3.05) is 13.1 Å². The first-order valence-electron chi connectivity index (χ1n) is 2.31.